The van der Waals surface area contributed by atoms with Crippen LogP contribution in [-0.4, -0.2) is 15.0 Å². The monoisotopic (exact) mass is 199 g/mol. The van der Waals surface area contributed by atoms with Crippen LogP contribution in [0.3, 0.4) is 0 Å². The van der Waals surface area contributed by atoms with Gasteiger partial charge in [-0.2, -0.15) is 0 Å². The van der Waals surface area contributed by atoms with Crippen molar-refractivity contribution >= 4 is 0 Å². The van der Waals surface area contributed by atoms with Crippen molar-refractivity contribution in [2.45, 2.75) is 20.8 Å². The molecule has 1 aromatic carbocycles. The van der Waals surface area contributed by atoms with E-state index in [1.54, 1.807) is 0 Å². The van der Waals surface area contributed by atoms with Crippen LogP contribution < -0.4 is 0 Å². The molecule has 2 aromatic rings. The number of benzene rings is 1. The normalized spacial score (nSPS) is 10.3. The highest BCUT2D eigenvalue weighted by Crippen LogP contribution is 2.15. The third-order valence-corrected chi connectivity index (χ3v) is 2.14. The molecule has 0 saturated heterocycles. The van der Waals surface area contributed by atoms with Crippen LogP contribution in [0, 0.1) is 20.8 Å². The Kier molecular flexibility index (Phi) is 2.46. The molecular weight excluding hydrogens is 186 g/mol. The molecule has 0 unspecified atom stereocenters. The van der Waals surface area contributed by atoms with Gasteiger partial charge in [0.25, 0.3) is 0 Å². The Hall–Kier alpha value is -1.77. The van der Waals surface area contributed by atoms with Gasteiger partial charge in [0.15, 0.2) is 5.82 Å². The molecule has 0 radical (unpaired) electrons. The first-order valence-corrected chi connectivity index (χ1v) is 4.91. The van der Waals surface area contributed by atoms with E-state index < -0.39 is 0 Å². The summed E-state index contributed by atoms with van der Waals surface area (Å²) in [6.45, 7) is 5.83. The number of aromatic nitrogens is 3. The molecule has 0 aliphatic carbocycles. The molecule has 1 aromatic heterocycles. The Balaban J connectivity index is 2.54. The van der Waals surface area contributed by atoms with Crippen molar-refractivity contribution in [1.82, 2.24) is 15.0 Å². The summed E-state index contributed by atoms with van der Waals surface area (Å²) in [5.74, 6) is 2.28. The van der Waals surface area contributed by atoms with E-state index in [0.717, 1.165) is 23.0 Å². The summed E-state index contributed by atoms with van der Waals surface area (Å²) in [5.41, 5.74) is 2.26. The summed E-state index contributed by atoms with van der Waals surface area (Å²) in [6.07, 6.45) is 0. The maximum absolute atomic E-state index is 4.32. The van der Waals surface area contributed by atoms with Gasteiger partial charge in [0.1, 0.15) is 11.6 Å². The Morgan fingerprint density at radius 3 is 2.13 bits per heavy atom. The molecule has 76 valence electrons. The van der Waals surface area contributed by atoms with E-state index in [0.29, 0.717) is 0 Å². The maximum Gasteiger partial charge on any atom is 0.163 e. The van der Waals surface area contributed by atoms with Crippen LogP contribution >= 0.6 is 0 Å². The second-order valence-corrected chi connectivity index (χ2v) is 3.62. The summed E-state index contributed by atoms with van der Waals surface area (Å²) in [5, 5.41) is 0. The molecule has 0 saturated carbocycles. The summed E-state index contributed by atoms with van der Waals surface area (Å²) in [7, 11) is 0. The molecule has 3 heteroatoms. The van der Waals surface area contributed by atoms with Gasteiger partial charge in [-0.05, 0) is 26.8 Å². The molecule has 0 bridgehead atoms. The predicted molar refractivity (Wildman–Crippen MR) is 59.5 cm³/mol. The van der Waals surface area contributed by atoms with E-state index in [2.05, 4.69) is 34.0 Å². The smallest absolute Gasteiger partial charge is 0.163 e. The zero-order valence-electron chi connectivity index (χ0n) is 9.15. The number of aryl methyl sites for hydroxylation is 3. The Bertz CT molecular complexity index is 472. The lowest BCUT2D eigenvalue weighted by molar-refractivity contribution is 0.928. The van der Waals surface area contributed by atoms with Gasteiger partial charge in [0, 0.05) is 5.56 Å². The van der Waals surface area contributed by atoms with Crippen LogP contribution in [0.25, 0.3) is 11.4 Å². The van der Waals surface area contributed by atoms with E-state index in [1.165, 1.54) is 5.56 Å². The maximum atomic E-state index is 4.32. The Morgan fingerprint density at radius 2 is 1.53 bits per heavy atom. The molecule has 0 aliphatic rings. The average Bonchev–Trinajstić information content (AvgIpc) is 2.16. The van der Waals surface area contributed by atoms with Gasteiger partial charge < -0.3 is 0 Å². The fourth-order valence-corrected chi connectivity index (χ4v) is 1.53. The van der Waals surface area contributed by atoms with Gasteiger partial charge >= 0.3 is 0 Å². The fraction of sp³-hybridized carbons (Fsp3) is 0.250. The summed E-state index contributed by atoms with van der Waals surface area (Å²) >= 11 is 0. The quantitative estimate of drug-likeness (QED) is 0.708. The molecule has 0 fully saturated rings. The van der Waals surface area contributed by atoms with Gasteiger partial charge in [-0.25, -0.2) is 15.0 Å². The minimum atomic E-state index is 0.753. The standard InChI is InChI=1S/C12H13N3/c1-8-5-4-6-11(7-8)12-14-9(2)13-10(3)15-12/h4-7H,1-3H3. The third kappa shape index (κ3) is 2.18. The van der Waals surface area contributed by atoms with Gasteiger partial charge in [0.05, 0.1) is 0 Å². The van der Waals surface area contributed by atoms with Crippen LogP contribution in [-0.2, 0) is 0 Å². The van der Waals surface area contributed by atoms with Crippen molar-refractivity contribution in [3.8, 4) is 11.4 Å². The Labute approximate surface area is 89.2 Å². The molecule has 3 nitrogen and oxygen atoms in total. The van der Waals surface area contributed by atoms with Gasteiger partial charge in [0.2, 0.25) is 0 Å². The molecule has 0 atom stereocenters. The van der Waals surface area contributed by atoms with Crippen LogP contribution in [0.4, 0.5) is 0 Å². The lowest BCUT2D eigenvalue weighted by Crippen LogP contribution is -1.98. The highest BCUT2D eigenvalue weighted by Gasteiger charge is 2.03. The SMILES string of the molecule is Cc1cccc(-c2nc(C)nc(C)n2)c1. The first-order valence-electron chi connectivity index (χ1n) is 4.91. The van der Waals surface area contributed by atoms with Crippen LogP contribution in [0.2, 0.25) is 0 Å². The first kappa shape index (κ1) is 9.77. The molecule has 0 spiro atoms. The summed E-state index contributed by atoms with van der Waals surface area (Å²) in [4.78, 5) is 12.8. The lowest BCUT2D eigenvalue weighted by atomic mass is 10.1. The number of hydrogen-bond acceptors (Lipinski definition) is 3. The summed E-state index contributed by atoms with van der Waals surface area (Å²) in [6, 6.07) is 8.17. The largest absolute Gasteiger partial charge is 0.219 e. The highest BCUT2D eigenvalue weighted by molar-refractivity contribution is 5.55. The van der Waals surface area contributed by atoms with Crippen LogP contribution in [0.5, 0.6) is 0 Å². The fourth-order valence-electron chi connectivity index (χ4n) is 1.53. The molecule has 0 amide bonds. The highest BCUT2D eigenvalue weighted by atomic mass is 15.0. The van der Waals surface area contributed by atoms with Crippen molar-refractivity contribution in [1.29, 1.82) is 0 Å². The molecular formula is C12H13N3. The molecule has 2 rings (SSSR count). The van der Waals surface area contributed by atoms with E-state index in [9.17, 15) is 0 Å². The molecule has 0 N–H and O–H groups in total. The van der Waals surface area contributed by atoms with E-state index in [4.69, 9.17) is 0 Å². The minimum absolute atomic E-state index is 0.753. The lowest BCUT2D eigenvalue weighted by Gasteiger charge is -2.03. The van der Waals surface area contributed by atoms with Gasteiger partial charge in [-0.1, -0.05) is 23.8 Å². The third-order valence-electron chi connectivity index (χ3n) is 2.14. The van der Waals surface area contributed by atoms with Crippen LogP contribution in [0.1, 0.15) is 17.2 Å². The van der Waals surface area contributed by atoms with Crippen molar-refractivity contribution in [2.75, 3.05) is 0 Å². The number of rotatable bonds is 1. The van der Waals surface area contributed by atoms with Crippen molar-refractivity contribution in [3.05, 3.63) is 41.5 Å². The van der Waals surface area contributed by atoms with Gasteiger partial charge in [-0.15, -0.1) is 0 Å². The molecule has 15 heavy (non-hydrogen) atoms. The average molecular weight is 199 g/mol. The van der Waals surface area contributed by atoms with E-state index >= 15 is 0 Å². The second-order valence-electron chi connectivity index (χ2n) is 3.62. The van der Waals surface area contributed by atoms with Crippen molar-refractivity contribution < 1.29 is 0 Å². The van der Waals surface area contributed by atoms with Crippen molar-refractivity contribution in [3.63, 3.8) is 0 Å². The summed E-state index contributed by atoms with van der Waals surface area (Å²) < 4.78 is 0. The van der Waals surface area contributed by atoms with Gasteiger partial charge in [-0.3, -0.25) is 0 Å². The number of nitrogens with zero attached hydrogens (tertiary/aromatic N) is 3. The Morgan fingerprint density at radius 1 is 0.867 bits per heavy atom. The first-order chi connectivity index (χ1) is 7.15. The van der Waals surface area contributed by atoms with E-state index in [-0.39, 0.29) is 0 Å². The zero-order chi connectivity index (χ0) is 10.8. The topological polar surface area (TPSA) is 38.7 Å². The molecule has 1 heterocycles. The van der Waals surface area contributed by atoms with E-state index in [1.807, 2.05) is 26.0 Å². The zero-order valence-corrected chi connectivity index (χ0v) is 9.15. The van der Waals surface area contributed by atoms with Crippen molar-refractivity contribution in [2.24, 2.45) is 0 Å². The predicted octanol–water partition coefficient (Wildman–Crippen LogP) is 2.46. The van der Waals surface area contributed by atoms with Crippen LogP contribution in [0.15, 0.2) is 24.3 Å². The second kappa shape index (κ2) is 3.77. The minimum Gasteiger partial charge on any atom is -0.219 e. The molecule has 0 aliphatic heterocycles. The number of hydrogen-bond donors (Lipinski definition) is 0.